The van der Waals surface area contributed by atoms with Crippen LogP contribution < -0.4 is 15.8 Å². The largest absolute Gasteiger partial charge is 0.491 e. The number of halogens is 2. The lowest BCUT2D eigenvalue weighted by Gasteiger charge is -2.07. The summed E-state index contributed by atoms with van der Waals surface area (Å²) in [7, 11) is 0. The van der Waals surface area contributed by atoms with Gasteiger partial charge in [0.25, 0.3) is 5.91 Å². The van der Waals surface area contributed by atoms with Crippen molar-refractivity contribution in [2.24, 2.45) is 5.73 Å². The van der Waals surface area contributed by atoms with Crippen LogP contribution in [0.15, 0.2) is 29.6 Å². The van der Waals surface area contributed by atoms with Crippen molar-refractivity contribution in [3.05, 3.63) is 40.3 Å². The van der Waals surface area contributed by atoms with Crippen molar-refractivity contribution in [3.63, 3.8) is 0 Å². The molecule has 5 nitrogen and oxygen atoms in total. The van der Waals surface area contributed by atoms with Gasteiger partial charge in [-0.1, -0.05) is 6.07 Å². The van der Waals surface area contributed by atoms with Crippen LogP contribution in [0.5, 0.6) is 5.75 Å². The van der Waals surface area contributed by atoms with Crippen LogP contribution in [0.1, 0.15) is 15.5 Å². The fraction of sp³-hybridized carbons (Fsp3) is 0.286. The van der Waals surface area contributed by atoms with Crippen molar-refractivity contribution in [1.82, 2.24) is 4.98 Å². The lowest BCUT2D eigenvalue weighted by Crippen LogP contribution is -2.13. The smallest absolute Gasteiger partial charge is 0.275 e. The van der Waals surface area contributed by atoms with E-state index in [2.05, 4.69) is 10.3 Å². The zero-order chi connectivity index (χ0) is 15.1. The van der Waals surface area contributed by atoms with E-state index < -0.39 is 6.67 Å². The highest BCUT2D eigenvalue weighted by Crippen LogP contribution is 2.18. The van der Waals surface area contributed by atoms with Gasteiger partial charge in [-0.2, -0.15) is 0 Å². The number of aromatic nitrogens is 1. The van der Waals surface area contributed by atoms with E-state index in [9.17, 15) is 9.18 Å². The highest BCUT2D eigenvalue weighted by atomic mass is 35.5. The van der Waals surface area contributed by atoms with Gasteiger partial charge in [0, 0.05) is 23.6 Å². The highest BCUT2D eigenvalue weighted by Gasteiger charge is 2.11. The number of hydrogen-bond acceptors (Lipinski definition) is 5. The number of nitrogens with zero attached hydrogens (tertiary/aromatic N) is 1. The number of nitrogens with one attached hydrogen (secondary N) is 1. The minimum absolute atomic E-state index is 0. The Hall–Kier alpha value is -1.70. The second-order valence-electron chi connectivity index (χ2n) is 4.18. The molecule has 0 spiro atoms. The van der Waals surface area contributed by atoms with Crippen LogP contribution in [0.3, 0.4) is 0 Å². The van der Waals surface area contributed by atoms with E-state index in [0.29, 0.717) is 30.1 Å². The molecule has 0 aliphatic heterocycles. The number of thiazole rings is 1. The fourth-order valence-electron chi connectivity index (χ4n) is 1.67. The van der Waals surface area contributed by atoms with Crippen LogP contribution in [0.25, 0.3) is 0 Å². The molecule has 0 unspecified atom stereocenters. The Morgan fingerprint density at radius 2 is 2.27 bits per heavy atom. The molecule has 2 aromatic rings. The molecule has 1 heterocycles. The molecule has 0 saturated heterocycles. The van der Waals surface area contributed by atoms with Crippen LogP contribution >= 0.6 is 23.7 Å². The zero-order valence-corrected chi connectivity index (χ0v) is 13.4. The third-order valence-corrected chi connectivity index (χ3v) is 3.49. The van der Waals surface area contributed by atoms with Crippen molar-refractivity contribution in [2.45, 2.75) is 6.42 Å². The quantitative estimate of drug-likeness (QED) is 0.808. The molecule has 120 valence electrons. The van der Waals surface area contributed by atoms with Gasteiger partial charge in [-0.3, -0.25) is 4.79 Å². The number of alkyl halides is 1. The molecule has 0 saturated carbocycles. The number of ether oxygens (including phenoxy) is 1. The summed E-state index contributed by atoms with van der Waals surface area (Å²) < 4.78 is 17.2. The molecule has 0 radical (unpaired) electrons. The van der Waals surface area contributed by atoms with E-state index in [-0.39, 0.29) is 24.9 Å². The first kappa shape index (κ1) is 18.3. The number of carbonyl (C=O) groups is 1. The normalized spacial score (nSPS) is 9.91. The van der Waals surface area contributed by atoms with Crippen molar-refractivity contribution in [1.29, 1.82) is 0 Å². The van der Waals surface area contributed by atoms with Crippen molar-refractivity contribution in [3.8, 4) is 5.75 Å². The molecule has 22 heavy (non-hydrogen) atoms. The number of nitrogens with two attached hydrogens (primary N) is 1. The summed E-state index contributed by atoms with van der Waals surface area (Å²) in [5, 5.41) is 5.26. The second kappa shape index (κ2) is 9.34. The number of amides is 1. The van der Waals surface area contributed by atoms with E-state index in [1.807, 2.05) is 0 Å². The molecule has 1 aromatic heterocycles. The number of rotatable bonds is 7. The number of anilines is 1. The van der Waals surface area contributed by atoms with Crippen molar-refractivity contribution < 1.29 is 13.9 Å². The predicted octanol–water partition coefficient (Wildman–Crippen LogP) is 2.67. The van der Waals surface area contributed by atoms with E-state index in [4.69, 9.17) is 10.5 Å². The first-order chi connectivity index (χ1) is 10.2. The third kappa shape index (κ3) is 5.25. The average molecular weight is 346 g/mol. The Morgan fingerprint density at radius 3 is 3.00 bits per heavy atom. The van der Waals surface area contributed by atoms with E-state index in [1.165, 1.54) is 11.3 Å². The average Bonchev–Trinajstić information content (AvgIpc) is 2.95. The molecule has 0 aliphatic rings. The zero-order valence-electron chi connectivity index (χ0n) is 11.8. The predicted molar refractivity (Wildman–Crippen MR) is 88.0 cm³/mol. The summed E-state index contributed by atoms with van der Waals surface area (Å²) in [5.74, 6) is 0.213. The number of hydrogen-bond donors (Lipinski definition) is 2. The second-order valence-corrected chi connectivity index (χ2v) is 5.13. The molecule has 1 aromatic carbocycles. The molecule has 2 rings (SSSR count). The first-order valence-electron chi connectivity index (χ1n) is 6.47. The van der Waals surface area contributed by atoms with Gasteiger partial charge < -0.3 is 15.8 Å². The molecule has 3 N–H and O–H groups in total. The van der Waals surface area contributed by atoms with E-state index >= 15 is 0 Å². The SMILES string of the molecule is Cl.NCCc1nc(C(=O)Nc2cccc(OCCF)c2)cs1. The van der Waals surface area contributed by atoms with Crippen molar-refractivity contribution in [2.75, 3.05) is 25.1 Å². The van der Waals surface area contributed by atoms with Gasteiger partial charge in [-0.05, 0) is 18.7 Å². The molecule has 8 heteroatoms. The van der Waals surface area contributed by atoms with Crippen LogP contribution in [0.4, 0.5) is 10.1 Å². The van der Waals surface area contributed by atoms with E-state index in [0.717, 1.165) is 5.01 Å². The van der Waals surface area contributed by atoms with Crippen LogP contribution in [-0.2, 0) is 6.42 Å². The maximum absolute atomic E-state index is 12.1. The molecular weight excluding hydrogens is 329 g/mol. The van der Waals surface area contributed by atoms with Gasteiger partial charge in [0.1, 0.15) is 24.7 Å². The van der Waals surface area contributed by atoms with Gasteiger partial charge in [-0.15, -0.1) is 23.7 Å². The standard InChI is InChI=1S/C14H16FN3O2S.ClH/c15-5-7-20-11-3-1-2-10(8-11)17-14(19)12-9-21-13(18-12)4-6-16;/h1-3,8-9H,4-7,16H2,(H,17,19);1H. The molecule has 0 fully saturated rings. The van der Waals surface area contributed by atoms with Crippen LogP contribution in [0.2, 0.25) is 0 Å². The Morgan fingerprint density at radius 1 is 1.45 bits per heavy atom. The molecule has 0 atom stereocenters. The molecule has 0 bridgehead atoms. The minimum atomic E-state index is -0.556. The Labute approximate surface area is 138 Å². The summed E-state index contributed by atoms with van der Waals surface area (Å²) in [6, 6.07) is 6.80. The molecule has 1 amide bonds. The van der Waals surface area contributed by atoms with Gasteiger partial charge >= 0.3 is 0 Å². The number of benzene rings is 1. The first-order valence-corrected chi connectivity index (χ1v) is 7.35. The van der Waals surface area contributed by atoms with Gasteiger partial charge in [-0.25, -0.2) is 9.37 Å². The topological polar surface area (TPSA) is 77.2 Å². The van der Waals surface area contributed by atoms with Crippen LogP contribution in [0, 0.1) is 0 Å². The molecule has 0 aliphatic carbocycles. The Bertz CT molecular complexity index is 609. The van der Waals surface area contributed by atoms with Crippen LogP contribution in [-0.4, -0.2) is 30.7 Å². The third-order valence-electron chi connectivity index (χ3n) is 2.58. The summed E-state index contributed by atoms with van der Waals surface area (Å²) in [5.41, 5.74) is 6.39. The minimum Gasteiger partial charge on any atom is -0.491 e. The molecular formula is C14H17ClFN3O2S. The highest BCUT2D eigenvalue weighted by molar-refractivity contribution is 7.09. The monoisotopic (exact) mass is 345 g/mol. The lowest BCUT2D eigenvalue weighted by molar-refractivity contribution is 0.102. The summed E-state index contributed by atoms with van der Waals surface area (Å²) in [6.45, 7) is -0.0617. The number of carbonyl (C=O) groups excluding carboxylic acids is 1. The van der Waals surface area contributed by atoms with Gasteiger partial charge in [0.05, 0.1) is 5.01 Å². The van der Waals surface area contributed by atoms with Crippen molar-refractivity contribution >= 4 is 35.3 Å². The van der Waals surface area contributed by atoms with Gasteiger partial charge in [0.2, 0.25) is 0 Å². The van der Waals surface area contributed by atoms with Gasteiger partial charge in [0.15, 0.2) is 0 Å². The Balaban J connectivity index is 0.00000242. The maximum Gasteiger partial charge on any atom is 0.275 e. The lowest BCUT2D eigenvalue weighted by atomic mass is 10.3. The summed E-state index contributed by atoms with van der Waals surface area (Å²) in [4.78, 5) is 16.3. The summed E-state index contributed by atoms with van der Waals surface area (Å²) >= 11 is 1.41. The van der Waals surface area contributed by atoms with E-state index in [1.54, 1.807) is 29.6 Å². The Kier molecular flexibility index (Phi) is 7.79. The fourth-order valence-corrected chi connectivity index (χ4v) is 2.46. The maximum atomic E-state index is 12.1. The summed E-state index contributed by atoms with van der Waals surface area (Å²) in [6.07, 6.45) is 0.657.